The smallest absolute Gasteiger partial charge is 0.453 e. The van der Waals surface area contributed by atoms with Gasteiger partial charge < -0.3 is 20.1 Å². The zero-order valence-corrected chi connectivity index (χ0v) is 18.3. The van der Waals surface area contributed by atoms with Crippen LogP contribution < -0.4 is 20.1 Å². The van der Waals surface area contributed by atoms with E-state index in [1.165, 1.54) is 25.8 Å². The second kappa shape index (κ2) is 9.75. The molecule has 0 saturated carbocycles. The average molecular weight is 462 g/mol. The van der Waals surface area contributed by atoms with Crippen LogP contribution in [-0.4, -0.2) is 47.0 Å². The van der Waals surface area contributed by atoms with E-state index in [0.29, 0.717) is 22.5 Å². The summed E-state index contributed by atoms with van der Waals surface area (Å²) in [5.74, 6) is -0.532. The van der Waals surface area contributed by atoms with E-state index in [9.17, 15) is 13.2 Å². The first-order chi connectivity index (χ1) is 15.9. The van der Waals surface area contributed by atoms with Crippen LogP contribution in [0.25, 0.3) is 5.69 Å². The molecule has 1 fully saturated rings. The number of methoxy groups -OCH3 is 2. The average Bonchev–Trinajstić information content (AvgIpc) is 3.33. The van der Waals surface area contributed by atoms with Crippen molar-refractivity contribution in [2.75, 3.05) is 20.8 Å². The molecule has 176 valence electrons. The first kappa shape index (κ1) is 23.0. The predicted octanol–water partition coefficient (Wildman–Crippen LogP) is 3.28. The molecule has 0 spiro atoms. The van der Waals surface area contributed by atoms with E-state index in [0.717, 1.165) is 19.4 Å². The number of nitrogens with zero attached hydrogens (tertiary/aromatic N) is 4. The molecule has 0 aliphatic carbocycles. The normalized spacial score (nSPS) is 18.8. The highest BCUT2D eigenvalue weighted by molar-refractivity contribution is 5.57. The molecule has 0 bridgehead atoms. The van der Waals surface area contributed by atoms with Crippen molar-refractivity contribution in [2.45, 2.75) is 37.6 Å². The number of aromatic nitrogens is 4. The van der Waals surface area contributed by atoms with Crippen LogP contribution in [0.1, 0.15) is 35.8 Å². The summed E-state index contributed by atoms with van der Waals surface area (Å²) in [5, 5.41) is 17.0. The Morgan fingerprint density at radius 3 is 2.61 bits per heavy atom. The van der Waals surface area contributed by atoms with Crippen LogP contribution >= 0.6 is 0 Å². The van der Waals surface area contributed by atoms with Crippen molar-refractivity contribution in [1.29, 1.82) is 0 Å². The molecular formula is C22H25F3N6O2. The molecule has 2 heterocycles. The minimum atomic E-state index is -4.72. The van der Waals surface area contributed by atoms with Crippen molar-refractivity contribution < 1.29 is 22.6 Å². The molecule has 1 saturated heterocycles. The van der Waals surface area contributed by atoms with Crippen molar-refractivity contribution in [3.8, 4) is 17.2 Å². The Hall–Kier alpha value is -3.18. The van der Waals surface area contributed by atoms with Gasteiger partial charge in [-0.25, -0.2) is 0 Å². The van der Waals surface area contributed by atoms with Crippen molar-refractivity contribution in [3.63, 3.8) is 0 Å². The van der Waals surface area contributed by atoms with Gasteiger partial charge in [-0.05, 0) is 47.5 Å². The van der Waals surface area contributed by atoms with Crippen LogP contribution in [0.15, 0.2) is 42.5 Å². The zero-order valence-electron chi connectivity index (χ0n) is 18.3. The highest BCUT2D eigenvalue weighted by Crippen LogP contribution is 2.37. The lowest BCUT2D eigenvalue weighted by Crippen LogP contribution is -2.45. The molecule has 8 nitrogen and oxygen atoms in total. The maximum atomic E-state index is 13.4. The van der Waals surface area contributed by atoms with Crippen molar-refractivity contribution in [1.82, 2.24) is 30.8 Å². The summed E-state index contributed by atoms with van der Waals surface area (Å²) in [6, 6.07) is 13.4. The summed E-state index contributed by atoms with van der Waals surface area (Å²) in [6.07, 6.45) is -2.76. The number of alkyl halides is 3. The molecule has 4 rings (SSSR count). The Balaban J connectivity index is 1.66. The Morgan fingerprint density at radius 2 is 1.91 bits per heavy atom. The van der Waals surface area contributed by atoms with Gasteiger partial charge in [-0.1, -0.05) is 30.3 Å². The summed E-state index contributed by atoms with van der Waals surface area (Å²) < 4.78 is 51.9. The molecule has 1 aliphatic heterocycles. The summed E-state index contributed by atoms with van der Waals surface area (Å²) in [5.41, 5.74) is 1.83. The van der Waals surface area contributed by atoms with Gasteiger partial charge in [-0.3, -0.25) is 0 Å². The van der Waals surface area contributed by atoms with Crippen molar-refractivity contribution >= 4 is 0 Å². The molecule has 33 heavy (non-hydrogen) atoms. The van der Waals surface area contributed by atoms with Gasteiger partial charge in [-0.2, -0.15) is 17.9 Å². The quantitative estimate of drug-likeness (QED) is 0.557. The molecule has 11 heteroatoms. The Labute approximate surface area is 189 Å². The lowest BCUT2D eigenvalue weighted by Gasteiger charge is -2.34. The number of tetrazole rings is 1. The summed E-state index contributed by atoms with van der Waals surface area (Å²) in [7, 11) is 2.90. The fourth-order valence-corrected chi connectivity index (χ4v) is 4.23. The van der Waals surface area contributed by atoms with Gasteiger partial charge in [0.15, 0.2) is 5.75 Å². The summed E-state index contributed by atoms with van der Waals surface area (Å²) >= 11 is 0. The first-order valence-corrected chi connectivity index (χ1v) is 10.6. The number of hydrogen-bond donors (Lipinski definition) is 2. The topological polar surface area (TPSA) is 86.1 Å². The van der Waals surface area contributed by atoms with Crippen LogP contribution in [0.4, 0.5) is 13.2 Å². The molecule has 1 aromatic heterocycles. The molecular weight excluding hydrogens is 437 g/mol. The van der Waals surface area contributed by atoms with E-state index in [1.54, 1.807) is 6.07 Å². The van der Waals surface area contributed by atoms with Gasteiger partial charge in [0, 0.05) is 18.6 Å². The van der Waals surface area contributed by atoms with Gasteiger partial charge >= 0.3 is 6.18 Å². The van der Waals surface area contributed by atoms with Crippen LogP contribution in [0.5, 0.6) is 11.5 Å². The molecule has 2 atom stereocenters. The first-order valence-electron chi connectivity index (χ1n) is 10.6. The van der Waals surface area contributed by atoms with Gasteiger partial charge in [0.25, 0.3) is 5.82 Å². The highest BCUT2D eigenvalue weighted by atomic mass is 19.4. The fraction of sp³-hybridized carbons (Fsp3) is 0.409. The predicted molar refractivity (Wildman–Crippen MR) is 114 cm³/mol. The largest absolute Gasteiger partial charge is 0.496 e. The monoisotopic (exact) mass is 462 g/mol. The number of nitrogens with one attached hydrogen (secondary N) is 2. The highest BCUT2D eigenvalue weighted by Gasteiger charge is 2.39. The third-order valence-electron chi connectivity index (χ3n) is 5.73. The number of hydrogen-bond acceptors (Lipinski definition) is 7. The maximum Gasteiger partial charge on any atom is 0.453 e. The standard InChI is InChI=1S/C22H25F3N6O2/c1-32-18-11-10-17(31-21(22(23,24)25)28-29-30-31)20(33-2)15(18)13-27-16-9-6-12-26-19(16)14-7-4-3-5-8-14/h3-5,7-8,10-11,16,19,26-27H,6,9,12-13H2,1-2H3/t16-,19-/m0/s1. The summed E-state index contributed by atoms with van der Waals surface area (Å²) in [6.45, 7) is 1.23. The van der Waals surface area contributed by atoms with Crippen LogP contribution in [0, 0.1) is 0 Å². The lowest BCUT2D eigenvalue weighted by atomic mass is 9.92. The molecule has 1 aliphatic rings. The molecule has 2 aromatic carbocycles. The Kier molecular flexibility index (Phi) is 6.80. The van der Waals surface area contributed by atoms with Gasteiger partial charge in [0.2, 0.25) is 0 Å². The number of piperidine rings is 1. The zero-order chi connectivity index (χ0) is 23.4. The van der Waals surface area contributed by atoms with Gasteiger partial charge in [0.05, 0.1) is 19.8 Å². The van der Waals surface area contributed by atoms with E-state index in [4.69, 9.17) is 9.47 Å². The molecule has 0 amide bonds. The van der Waals surface area contributed by atoms with Gasteiger partial charge in [-0.15, -0.1) is 5.10 Å². The lowest BCUT2D eigenvalue weighted by molar-refractivity contribution is -0.146. The van der Waals surface area contributed by atoms with Crippen molar-refractivity contribution in [2.24, 2.45) is 0 Å². The fourth-order valence-electron chi connectivity index (χ4n) is 4.23. The summed E-state index contributed by atoms with van der Waals surface area (Å²) in [4.78, 5) is 0. The third kappa shape index (κ3) is 4.79. The molecule has 3 aromatic rings. The van der Waals surface area contributed by atoms with Crippen molar-refractivity contribution in [3.05, 3.63) is 59.4 Å². The van der Waals surface area contributed by atoms with Crippen LogP contribution in [0.3, 0.4) is 0 Å². The Morgan fingerprint density at radius 1 is 1.12 bits per heavy atom. The minimum Gasteiger partial charge on any atom is -0.496 e. The second-order valence-corrected chi connectivity index (χ2v) is 7.68. The molecule has 0 unspecified atom stereocenters. The second-order valence-electron chi connectivity index (χ2n) is 7.68. The maximum absolute atomic E-state index is 13.4. The third-order valence-corrected chi connectivity index (χ3v) is 5.73. The molecule has 2 N–H and O–H groups in total. The van der Waals surface area contributed by atoms with Gasteiger partial charge in [0.1, 0.15) is 11.4 Å². The number of rotatable bonds is 7. The number of ether oxygens (including phenoxy) is 2. The van der Waals surface area contributed by atoms with Crippen LogP contribution in [-0.2, 0) is 12.7 Å². The van der Waals surface area contributed by atoms with E-state index in [-0.39, 0.29) is 23.5 Å². The van der Waals surface area contributed by atoms with E-state index < -0.39 is 12.0 Å². The number of benzene rings is 2. The van der Waals surface area contributed by atoms with E-state index in [2.05, 4.69) is 38.3 Å². The van der Waals surface area contributed by atoms with E-state index >= 15 is 0 Å². The van der Waals surface area contributed by atoms with Crippen LogP contribution in [0.2, 0.25) is 0 Å². The number of halogens is 3. The minimum absolute atomic E-state index is 0.0776. The Bertz CT molecular complexity index is 1070. The van der Waals surface area contributed by atoms with E-state index in [1.807, 2.05) is 18.2 Å². The molecule has 0 radical (unpaired) electrons. The SMILES string of the molecule is COc1ccc(-n2nnnc2C(F)(F)F)c(OC)c1CN[C@H]1CCCN[C@H]1c1ccccc1.